The van der Waals surface area contributed by atoms with Crippen LogP contribution >= 0.6 is 0 Å². The zero-order valence-electron chi connectivity index (χ0n) is 12.6. The van der Waals surface area contributed by atoms with Crippen LogP contribution in [0.1, 0.15) is 38.3 Å². The van der Waals surface area contributed by atoms with Gasteiger partial charge in [0, 0.05) is 17.7 Å². The first-order chi connectivity index (χ1) is 9.80. The third-order valence-electron chi connectivity index (χ3n) is 3.45. The van der Waals surface area contributed by atoms with E-state index >= 15 is 0 Å². The number of rotatable bonds is 6. The molecule has 0 aliphatic carbocycles. The van der Waals surface area contributed by atoms with Gasteiger partial charge in [-0.2, -0.15) is 0 Å². The Morgan fingerprint density at radius 1 is 1.05 bits per heavy atom. The van der Waals surface area contributed by atoms with Crippen molar-refractivity contribution < 1.29 is 0 Å². The smallest absolute Gasteiger partial charge is 0.133 e. The van der Waals surface area contributed by atoms with Crippen molar-refractivity contribution in [1.29, 1.82) is 0 Å². The fourth-order valence-corrected chi connectivity index (χ4v) is 2.33. The van der Waals surface area contributed by atoms with Crippen LogP contribution < -0.4 is 5.32 Å². The number of benzene rings is 1. The molecule has 0 bridgehead atoms. The maximum atomic E-state index is 4.51. The van der Waals surface area contributed by atoms with Crippen LogP contribution in [0.25, 0.3) is 11.3 Å². The number of nitrogens with zero attached hydrogens (tertiary/aromatic N) is 2. The van der Waals surface area contributed by atoms with Crippen molar-refractivity contribution >= 4 is 5.82 Å². The molecule has 3 nitrogen and oxygen atoms in total. The lowest BCUT2D eigenvalue weighted by Gasteiger charge is -2.13. The molecule has 0 fully saturated rings. The van der Waals surface area contributed by atoms with Crippen LogP contribution in [0, 0.1) is 0 Å². The minimum atomic E-state index is 0.929. The van der Waals surface area contributed by atoms with Crippen molar-refractivity contribution in [3.63, 3.8) is 0 Å². The first-order valence-corrected chi connectivity index (χ1v) is 7.47. The zero-order valence-corrected chi connectivity index (χ0v) is 12.6. The molecule has 1 aromatic carbocycles. The van der Waals surface area contributed by atoms with Gasteiger partial charge in [0.05, 0.1) is 5.69 Å². The Morgan fingerprint density at radius 3 is 2.60 bits per heavy atom. The molecule has 1 N–H and O–H groups in total. The Hall–Kier alpha value is -1.90. The SMILES string of the molecule is CCCNc1ncnc(-c2cccc(CC)c2)c1CC. The summed E-state index contributed by atoms with van der Waals surface area (Å²) in [7, 11) is 0. The Labute approximate surface area is 121 Å². The number of hydrogen-bond acceptors (Lipinski definition) is 3. The Morgan fingerprint density at radius 2 is 1.90 bits per heavy atom. The first kappa shape index (κ1) is 14.5. The average molecular weight is 269 g/mol. The van der Waals surface area contributed by atoms with Crippen molar-refractivity contribution in [3.8, 4) is 11.3 Å². The Kier molecular flexibility index (Phi) is 5.10. The van der Waals surface area contributed by atoms with Crippen LogP contribution in [-0.2, 0) is 12.8 Å². The number of nitrogens with one attached hydrogen (secondary N) is 1. The second kappa shape index (κ2) is 7.04. The molecule has 0 aliphatic rings. The predicted molar refractivity (Wildman–Crippen MR) is 85.0 cm³/mol. The van der Waals surface area contributed by atoms with Crippen molar-refractivity contribution in [1.82, 2.24) is 9.97 Å². The van der Waals surface area contributed by atoms with Crippen LogP contribution in [0.4, 0.5) is 5.82 Å². The second-order valence-electron chi connectivity index (χ2n) is 4.88. The molecule has 2 aromatic rings. The number of aryl methyl sites for hydroxylation is 1. The van der Waals surface area contributed by atoms with Gasteiger partial charge < -0.3 is 5.32 Å². The Bertz CT molecular complexity index is 564. The molecule has 0 saturated carbocycles. The molecular weight excluding hydrogens is 246 g/mol. The fraction of sp³-hybridized carbons (Fsp3) is 0.412. The van der Waals surface area contributed by atoms with Crippen molar-refractivity contribution in [2.24, 2.45) is 0 Å². The van der Waals surface area contributed by atoms with E-state index in [2.05, 4.69) is 60.3 Å². The van der Waals surface area contributed by atoms with Crippen molar-refractivity contribution in [2.45, 2.75) is 40.0 Å². The molecule has 2 rings (SSSR count). The highest BCUT2D eigenvalue weighted by Gasteiger charge is 2.11. The number of aromatic nitrogens is 2. The third kappa shape index (κ3) is 3.16. The summed E-state index contributed by atoms with van der Waals surface area (Å²) < 4.78 is 0. The number of hydrogen-bond donors (Lipinski definition) is 1. The third-order valence-corrected chi connectivity index (χ3v) is 3.45. The summed E-state index contributed by atoms with van der Waals surface area (Å²) in [5.41, 5.74) is 4.78. The lowest BCUT2D eigenvalue weighted by molar-refractivity contribution is 0.949. The molecule has 0 aliphatic heterocycles. The molecular formula is C17H23N3. The first-order valence-electron chi connectivity index (χ1n) is 7.47. The average Bonchev–Trinajstić information content (AvgIpc) is 2.52. The van der Waals surface area contributed by atoms with Crippen LogP contribution in [0.15, 0.2) is 30.6 Å². The van der Waals surface area contributed by atoms with Crippen molar-refractivity contribution in [2.75, 3.05) is 11.9 Å². The molecule has 0 atom stereocenters. The second-order valence-corrected chi connectivity index (χ2v) is 4.88. The van der Waals surface area contributed by atoms with E-state index in [0.29, 0.717) is 0 Å². The summed E-state index contributed by atoms with van der Waals surface area (Å²) in [6, 6.07) is 8.62. The number of anilines is 1. The van der Waals surface area contributed by atoms with Gasteiger partial charge in [0.1, 0.15) is 12.1 Å². The summed E-state index contributed by atoms with van der Waals surface area (Å²) in [6.07, 6.45) is 4.72. The molecule has 0 unspecified atom stereocenters. The minimum absolute atomic E-state index is 0.929. The van der Waals surface area contributed by atoms with Crippen LogP contribution in [0.3, 0.4) is 0 Å². The summed E-state index contributed by atoms with van der Waals surface area (Å²) in [5, 5.41) is 3.40. The molecule has 0 radical (unpaired) electrons. The van der Waals surface area contributed by atoms with Gasteiger partial charge in [0.15, 0.2) is 0 Å². The monoisotopic (exact) mass is 269 g/mol. The molecule has 1 aromatic heterocycles. The van der Waals surface area contributed by atoms with Gasteiger partial charge in [-0.3, -0.25) is 0 Å². The highest BCUT2D eigenvalue weighted by molar-refractivity contribution is 5.68. The van der Waals surface area contributed by atoms with Gasteiger partial charge in [-0.25, -0.2) is 9.97 Å². The lowest BCUT2D eigenvalue weighted by atomic mass is 10.0. The van der Waals surface area contributed by atoms with E-state index in [1.165, 1.54) is 16.7 Å². The summed E-state index contributed by atoms with van der Waals surface area (Å²) in [4.78, 5) is 8.91. The molecule has 106 valence electrons. The van der Waals surface area contributed by atoms with E-state index in [9.17, 15) is 0 Å². The summed E-state index contributed by atoms with van der Waals surface area (Å²) >= 11 is 0. The zero-order chi connectivity index (χ0) is 14.4. The van der Waals surface area contributed by atoms with E-state index in [1.54, 1.807) is 6.33 Å². The minimum Gasteiger partial charge on any atom is -0.370 e. The Balaban J connectivity index is 2.44. The standard InChI is InChI=1S/C17H23N3/c1-4-10-18-17-15(6-3)16(19-12-20-17)14-9-7-8-13(5-2)11-14/h7-9,11-12H,4-6,10H2,1-3H3,(H,18,19,20). The summed E-state index contributed by atoms with van der Waals surface area (Å²) in [5.74, 6) is 0.973. The highest BCUT2D eigenvalue weighted by Crippen LogP contribution is 2.26. The van der Waals surface area contributed by atoms with Crippen LogP contribution in [0.2, 0.25) is 0 Å². The van der Waals surface area contributed by atoms with E-state index in [-0.39, 0.29) is 0 Å². The van der Waals surface area contributed by atoms with E-state index in [4.69, 9.17) is 0 Å². The lowest BCUT2D eigenvalue weighted by Crippen LogP contribution is -2.07. The van der Waals surface area contributed by atoms with Gasteiger partial charge in [0.2, 0.25) is 0 Å². The molecule has 20 heavy (non-hydrogen) atoms. The van der Waals surface area contributed by atoms with Crippen LogP contribution in [0.5, 0.6) is 0 Å². The predicted octanol–water partition coefficient (Wildman–Crippen LogP) is 4.09. The van der Waals surface area contributed by atoms with E-state index in [0.717, 1.165) is 37.3 Å². The molecule has 3 heteroatoms. The van der Waals surface area contributed by atoms with E-state index < -0.39 is 0 Å². The van der Waals surface area contributed by atoms with Gasteiger partial charge in [0.25, 0.3) is 0 Å². The maximum Gasteiger partial charge on any atom is 0.133 e. The maximum absolute atomic E-state index is 4.51. The summed E-state index contributed by atoms with van der Waals surface area (Å²) in [6.45, 7) is 7.43. The molecule has 0 amide bonds. The highest BCUT2D eigenvalue weighted by atomic mass is 15.0. The van der Waals surface area contributed by atoms with Gasteiger partial charge in [-0.15, -0.1) is 0 Å². The quantitative estimate of drug-likeness (QED) is 0.858. The van der Waals surface area contributed by atoms with Gasteiger partial charge in [-0.05, 0) is 30.9 Å². The topological polar surface area (TPSA) is 37.8 Å². The van der Waals surface area contributed by atoms with Crippen LogP contribution in [-0.4, -0.2) is 16.5 Å². The fourth-order valence-electron chi connectivity index (χ4n) is 2.33. The van der Waals surface area contributed by atoms with Crippen molar-refractivity contribution in [3.05, 3.63) is 41.7 Å². The normalized spacial score (nSPS) is 10.6. The molecule has 0 spiro atoms. The molecule has 0 saturated heterocycles. The largest absolute Gasteiger partial charge is 0.370 e. The molecule has 1 heterocycles. The van der Waals surface area contributed by atoms with Gasteiger partial charge >= 0.3 is 0 Å². The van der Waals surface area contributed by atoms with Gasteiger partial charge in [-0.1, -0.05) is 39.0 Å². The van der Waals surface area contributed by atoms with E-state index in [1.807, 2.05) is 0 Å².